The number of fused-ring (bicyclic) bond motifs is 2. The Bertz CT molecular complexity index is 1300. The topological polar surface area (TPSA) is 59.8 Å². The Morgan fingerprint density at radius 3 is 2.52 bits per heavy atom. The number of aliphatic hydroxyl groups excluding tert-OH is 2. The van der Waals surface area contributed by atoms with Crippen LogP contribution in [0.15, 0.2) is 76.8 Å². The summed E-state index contributed by atoms with van der Waals surface area (Å²) in [5, 5.41) is 22.2. The molecular formula is C29H35ClF3N4O2S+. The van der Waals surface area contributed by atoms with Crippen molar-refractivity contribution in [1.82, 2.24) is 9.88 Å². The van der Waals surface area contributed by atoms with Gasteiger partial charge in [-0.25, -0.2) is 0 Å². The maximum absolute atomic E-state index is 13.7. The summed E-state index contributed by atoms with van der Waals surface area (Å²) >= 11 is 1.48. The van der Waals surface area contributed by atoms with Crippen LogP contribution in [0.4, 0.5) is 24.5 Å². The number of benzene rings is 2. The molecule has 4 unspecified atom stereocenters. The van der Waals surface area contributed by atoms with Crippen LogP contribution in [0.5, 0.6) is 0 Å². The molecule has 2 aromatic carbocycles. The highest BCUT2D eigenvalue weighted by Gasteiger charge is 2.50. The number of hydrogen-bond acceptors (Lipinski definition) is 6. The minimum Gasteiger partial charge on any atom is -0.390 e. The molecule has 0 spiro atoms. The molecule has 0 amide bonds. The number of piperazine rings is 1. The van der Waals surface area contributed by atoms with E-state index in [4.69, 9.17) is 0 Å². The van der Waals surface area contributed by atoms with E-state index in [0.29, 0.717) is 31.7 Å². The SMILES string of the molecule is CC(CCN1c2ccccc2Sc2ccc(C(F)(F)F)cc21)[N+]1(C(CO)c2cccnc2)CCN(C)CC1O.Cl. The number of β-amino-alcohol motifs (C(OH)–C–C–N with tert-alkyl or cyclic N) is 1. The van der Waals surface area contributed by atoms with E-state index in [1.165, 1.54) is 17.8 Å². The zero-order valence-electron chi connectivity index (χ0n) is 22.5. The predicted molar refractivity (Wildman–Crippen MR) is 153 cm³/mol. The van der Waals surface area contributed by atoms with Crippen LogP contribution in [0.3, 0.4) is 0 Å². The summed E-state index contributed by atoms with van der Waals surface area (Å²) in [6, 6.07) is 15.0. The normalized spacial score (nSPS) is 22.6. The molecule has 0 aliphatic carbocycles. The number of nitrogens with zero attached hydrogens (tertiary/aromatic N) is 4. The summed E-state index contributed by atoms with van der Waals surface area (Å²) < 4.78 is 41.3. The van der Waals surface area contributed by atoms with Crippen molar-refractivity contribution in [2.75, 3.05) is 44.7 Å². The lowest BCUT2D eigenvalue weighted by Gasteiger charge is -2.55. The lowest BCUT2D eigenvalue weighted by Crippen LogP contribution is -2.70. The molecular weight excluding hydrogens is 561 g/mol. The Balaban J connectivity index is 0.00000370. The highest BCUT2D eigenvalue weighted by atomic mass is 35.5. The van der Waals surface area contributed by atoms with Gasteiger partial charge in [0, 0.05) is 47.3 Å². The minimum atomic E-state index is -4.44. The van der Waals surface area contributed by atoms with Gasteiger partial charge in [0.05, 0.1) is 42.7 Å². The highest BCUT2D eigenvalue weighted by molar-refractivity contribution is 7.99. The first-order valence-electron chi connectivity index (χ1n) is 13.2. The van der Waals surface area contributed by atoms with Crippen LogP contribution in [-0.2, 0) is 6.18 Å². The number of quaternary nitrogens is 1. The van der Waals surface area contributed by atoms with Crippen molar-refractivity contribution in [3.63, 3.8) is 0 Å². The molecule has 0 bridgehead atoms. The molecule has 216 valence electrons. The fraction of sp³-hybridized carbons (Fsp3) is 0.414. The van der Waals surface area contributed by atoms with Crippen molar-refractivity contribution in [3.05, 3.63) is 78.1 Å². The summed E-state index contributed by atoms with van der Waals surface area (Å²) in [7, 11) is 1.97. The molecule has 11 heteroatoms. The number of likely N-dealkylation sites (N-methyl/N-ethyl adjacent to an activating group) is 1. The van der Waals surface area contributed by atoms with E-state index >= 15 is 0 Å². The Morgan fingerprint density at radius 2 is 1.85 bits per heavy atom. The standard InChI is InChI=1S/C29H34F3N4O2S.ClH/c1-20(36(15-14-34(2)18-28(36)38)25(19-37)21-6-5-12-33-17-21)11-13-35-23-7-3-4-8-26(23)39-27-10-9-22(16-24(27)35)29(30,31)32;/h3-10,12,16-17,20,25,28,37-38H,11,13-15,18-19H2,1-2H3;1H/q+1;. The van der Waals surface area contributed by atoms with Crippen LogP contribution in [0.2, 0.25) is 0 Å². The van der Waals surface area contributed by atoms with E-state index in [-0.39, 0.29) is 35.6 Å². The van der Waals surface area contributed by atoms with Gasteiger partial charge in [0.1, 0.15) is 6.04 Å². The van der Waals surface area contributed by atoms with E-state index in [1.54, 1.807) is 18.5 Å². The Morgan fingerprint density at radius 1 is 1.10 bits per heavy atom. The predicted octanol–water partition coefficient (Wildman–Crippen LogP) is 5.72. The average molecular weight is 596 g/mol. The molecule has 0 radical (unpaired) electrons. The fourth-order valence-corrected chi connectivity index (χ4v) is 7.19. The first-order valence-corrected chi connectivity index (χ1v) is 14.0. The van der Waals surface area contributed by atoms with E-state index in [0.717, 1.165) is 33.7 Å². The molecule has 2 aliphatic rings. The number of anilines is 2. The average Bonchev–Trinajstić information content (AvgIpc) is 2.92. The molecule has 6 nitrogen and oxygen atoms in total. The van der Waals surface area contributed by atoms with Crippen LogP contribution in [0.25, 0.3) is 0 Å². The summed E-state index contributed by atoms with van der Waals surface area (Å²) in [6.45, 7) is 4.21. The molecule has 3 aromatic rings. The zero-order valence-corrected chi connectivity index (χ0v) is 24.1. The van der Waals surface area contributed by atoms with Gasteiger partial charge >= 0.3 is 6.18 Å². The number of pyridine rings is 1. The third-order valence-electron chi connectivity index (χ3n) is 8.27. The number of para-hydroxylation sites is 1. The van der Waals surface area contributed by atoms with Gasteiger partial charge in [-0.3, -0.25) is 14.4 Å². The number of hydrogen-bond donors (Lipinski definition) is 2. The molecule has 0 saturated carbocycles. The van der Waals surface area contributed by atoms with E-state index in [9.17, 15) is 23.4 Å². The summed E-state index contributed by atoms with van der Waals surface area (Å²) in [5.41, 5.74) is 1.60. The first kappa shape index (κ1) is 30.6. The minimum absolute atomic E-state index is 0. The van der Waals surface area contributed by atoms with Gasteiger partial charge in [0.25, 0.3) is 0 Å². The molecule has 1 aromatic heterocycles. The smallest absolute Gasteiger partial charge is 0.390 e. The molecule has 1 saturated heterocycles. The summed E-state index contributed by atoms with van der Waals surface area (Å²) in [4.78, 5) is 10.1. The molecule has 2 aliphatic heterocycles. The van der Waals surface area contributed by atoms with Crippen LogP contribution in [0, 0.1) is 0 Å². The highest BCUT2D eigenvalue weighted by Crippen LogP contribution is 2.50. The van der Waals surface area contributed by atoms with Crippen molar-refractivity contribution >= 4 is 35.5 Å². The van der Waals surface area contributed by atoms with Crippen LogP contribution >= 0.6 is 24.2 Å². The van der Waals surface area contributed by atoms with Crippen molar-refractivity contribution in [2.45, 2.75) is 47.6 Å². The summed E-state index contributed by atoms with van der Waals surface area (Å²) in [5.74, 6) is 0. The van der Waals surface area contributed by atoms with Gasteiger partial charge in [-0.15, -0.1) is 12.4 Å². The molecule has 40 heavy (non-hydrogen) atoms. The second-order valence-electron chi connectivity index (χ2n) is 10.5. The second kappa shape index (κ2) is 12.3. The number of aliphatic hydroxyl groups is 2. The number of aromatic nitrogens is 1. The molecule has 1 fully saturated rings. The Hall–Kier alpha value is -2.34. The van der Waals surface area contributed by atoms with Gasteiger partial charge < -0.3 is 15.1 Å². The van der Waals surface area contributed by atoms with Crippen LogP contribution in [-0.4, -0.2) is 76.7 Å². The number of halogens is 4. The van der Waals surface area contributed by atoms with Gasteiger partial charge in [-0.2, -0.15) is 13.2 Å². The largest absolute Gasteiger partial charge is 0.416 e. The monoisotopic (exact) mass is 595 g/mol. The fourth-order valence-electron chi connectivity index (χ4n) is 6.11. The lowest BCUT2D eigenvalue weighted by molar-refractivity contribution is -1.02. The quantitative estimate of drug-likeness (QED) is 0.341. The van der Waals surface area contributed by atoms with E-state index in [1.807, 2.05) is 48.3 Å². The zero-order chi connectivity index (χ0) is 27.8. The van der Waals surface area contributed by atoms with E-state index < -0.39 is 18.0 Å². The molecule has 3 heterocycles. The van der Waals surface area contributed by atoms with Crippen molar-refractivity contribution in [1.29, 1.82) is 0 Å². The van der Waals surface area contributed by atoms with Gasteiger partial charge in [-0.1, -0.05) is 23.9 Å². The molecule has 5 rings (SSSR count). The third kappa shape index (κ3) is 5.70. The van der Waals surface area contributed by atoms with Crippen molar-refractivity contribution < 1.29 is 27.9 Å². The van der Waals surface area contributed by atoms with Crippen molar-refractivity contribution in [2.24, 2.45) is 0 Å². The van der Waals surface area contributed by atoms with Crippen molar-refractivity contribution in [3.8, 4) is 0 Å². The van der Waals surface area contributed by atoms with Gasteiger partial charge in [-0.05, 0) is 56.4 Å². The van der Waals surface area contributed by atoms with E-state index in [2.05, 4.69) is 16.8 Å². The van der Waals surface area contributed by atoms with Crippen LogP contribution in [0.1, 0.15) is 30.5 Å². The Labute approximate surface area is 243 Å². The Kier molecular flexibility index (Phi) is 9.38. The number of rotatable bonds is 7. The van der Waals surface area contributed by atoms with Crippen LogP contribution < -0.4 is 4.90 Å². The second-order valence-corrected chi connectivity index (χ2v) is 11.6. The molecule has 2 N–H and O–H groups in total. The maximum Gasteiger partial charge on any atom is 0.416 e. The lowest BCUT2D eigenvalue weighted by atomic mass is 9.96. The molecule has 4 atom stereocenters. The van der Waals surface area contributed by atoms with Gasteiger partial charge in [0.2, 0.25) is 6.23 Å². The maximum atomic E-state index is 13.7. The first-order chi connectivity index (χ1) is 18.6. The summed E-state index contributed by atoms with van der Waals surface area (Å²) in [6.07, 6.45) is -1.17. The third-order valence-corrected chi connectivity index (χ3v) is 9.40. The van der Waals surface area contributed by atoms with Gasteiger partial charge in [0.15, 0.2) is 0 Å². The number of alkyl halides is 3.